The maximum Gasteiger partial charge on any atom is 0.326 e. The first-order chi connectivity index (χ1) is 52.6. The number of carboxylic acid groups (broad SMARTS) is 1. The highest BCUT2D eigenvalue weighted by Gasteiger charge is 2.41. The number of allylic oxidation sites excluding steroid dienone is 4. The molecule has 624 valence electrons. The molecule has 0 unspecified atom stereocenters. The molecule has 0 aliphatic carbocycles. The number of nitrogens with zero attached hydrogens (tertiary/aromatic N) is 1. The molecule has 0 aromatic carbocycles. The summed E-state index contributed by atoms with van der Waals surface area (Å²) in [5.74, 6) is -11.8. The quantitative estimate of drug-likeness (QED) is 0.0283. The molecule has 1 fully saturated rings. The number of amides is 13. The zero-order chi connectivity index (χ0) is 81.5. The molecule has 0 aromatic heterocycles. The van der Waals surface area contributed by atoms with Crippen LogP contribution < -0.4 is 104 Å². The van der Waals surface area contributed by atoms with Gasteiger partial charge in [0.2, 0.25) is 76.8 Å². The number of aliphatic carboxylic acids is 1. The second kappa shape index (κ2) is 54.4. The highest BCUT2D eigenvalue weighted by atomic mass is 16.4. The van der Waals surface area contributed by atoms with Crippen molar-refractivity contribution in [1.29, 1.82) is 0 Å². The molecule has 35 heteroatoms. The van der Waals surface area contributed by atoms with E-state index in [1.54, 1.807) is 38.2 Å². The van der Waals surface area contributed by atoms with E-state index in [9.17, 15) is 67.4 Å². The Bertz CT molecular complexity index is 2980. The van der Waals surface area contributed by atoms with Crippen LogP contribution in [0.2, 0.25) is 0 Å². The van der Waals surface area contributed by atoms with Gasteiger partial charge in [-0.2, -0.15) is 0 Å². The molecule has 0 radical (unpaired) electrons. The third kappa shape index (κ3) is 36.7. The molecule has 3 heterocycles. The number of hydrogen-bond acceptors (Lipinski definition) is 21. The normalized spacial score (nSPS) is 26.9. The molecule has 27 N–H and O–H groups in total. The number of carboxylic acids is 1. The Morgan fingerprint density at radius 1 is 0.382 bits per heavy atom. The summed E-state index contributed by atoms with van der Waals surface area (Å²) in [6, 6.07) is -17.0. The van der Waals surface area contributed by atoms with Crippen molar-refractivity contribution in [2.45, 2.75) is 299 Å². The third-order valence-electron chi connectivity index (χ3n) is 19.5. The lowest BCUT2D eigenvalue weighted by molar-refractivity contribution is -0.142. The summed E-state index contributed by atoms with van der Waals surface area (Å²) in [7, 11) is 0. The zero-order valence-corrected chi connectivity index (χ0v) is 65.5. The maximum atomic E-state index is 15.0. The van der Waals surface area contributed by atoms with Crippen molar-refractivity contribution < 1.29 is 72.2 Å². The van der Waals surface area contributed by atoms with E-state index in [0.29, 0.717) is 83.5 Å². The first-order valence-electron chi connectivity index (χ1n) is 40.0. The van der Waals surface area contributed by atoms with Gasteiger partial charge in [0.05, 0.1) is 12.6 Å². The van der Waals surface area contributed by atoms with Crippen LogP contribution in [0.25, 0.3) is 0 Å². The van der Waals surface area contributed by atoms with Gasteiger partial charge in [0.25, 0.3) is 0 Å². The van der Waals surface area contributed by atoms with Crippen LogP contribution in [-0.4, -0.2) is 224 Å². The van der Waals surface area contributed by atoms with Crippen LogP contribution in [0.3, 0.4) is 0 Å². The van der Waals surface area contributed by atoms with E-state index in [0.717, 1.165) is 0 Å². The minimum Gasteiger partial charge on any atom is -0.480 e. The van der Waals surface area contributed by atoms with Gasteiger partial charge in [0.15, 0.2) is 0 Å². The first kappa shape index (κ1) is 96.0. The van der Waals surface area contributed by atoms with Gasteiger partial charge in [-0.25, -0.2) is 4.79 Å². The molecular formula is C75H134N20O15. The number of hydrogen-bond donors (Lipinski definition) is 20. The standard InChI is InChI=1S/C75H134N20O15/c1-47(2)44-59-71(105)90-54(31-15-21-39-78)68(102)87-53-28-11-8-7-10-27-52(86-65(99)51(30-14-20-38-77)85-63(97)49(82)26-9-5-6-12-35-58(75(109)110)92-69(103)55(88-66(53)100)32-16-22-40-79)67(101)89-56(33-17-23-41-80)70(104)94-60(45-48(3)4)72(106)91-57(34-18-24-42-81)74(108)95-43-25-36-61(95)73(107)83-46-62(96)84-50(64(98)93-59)29-13-19-37-76/h5-8,47-61H,9-46,76-82H2,1-4H3,(H,83,107)(H,84,96)(H,85,97)(H,86,99)(H,87,102)(H,88,100)(H,89,101)(H,90,105)(H,91,106)(H,92,103)(H,93,98)(H,94,104)(H,109,110)/b6-5-,8-7-/t49-,50-,51-,52-,53-,54-,55-,56-,57-,58-,59-,60-,61+/m0/s1. The van der Waals surface area contributed by atoms with Crippen LogP contribution in [0, 0.1) is 11.8 Å². The Morgan fingerprint density at radius 3 is 1.09 bits per heavy atom. The summed E-state index contributed by atoms with van der Waals surface area (Å²) in [5, 5.41) is 43.4. The van der Waals surface area contributed by atoms with Gasteiger partial charge >= 0.3 is 5.97 Å². The number of carbonyl (C=O) groups excluding carboxylic acids is 13. The van der Waals surface area contributed by atoms with Crippen LogP contribution in [0.15, 0.2) is 24.3 Å². The topological polar surface area (TPSA) is 589 Å². The molecule has 3 rings (SSSR count). The minimum atomic E-state index is -1.46. The SMILES string of the molecule is CC(C)C[C@@H]1NC(=O)[C@H](CCCCN)NC(=O)CNC(=O)[C@H]2CCCN2C(=O)[C@H](CCCCN)NC(=O)[C@H](CC(C)C)NC(=O)[C@H](CCCCN)NC(=O)[C@@H]2CC/C=C\CC[C@H](NC(=O)[C@H](CCCCN)NC1=O)C(=O)N[C@@H](CCCCN)C(=O)N[C@H](C(=O)O)CC/C=C\CC[C@H](N)C(=O)N[C@@H](CCCCN)C(=O)N2. The van der Waals surface area contributed by atoms with Crippen LogP contribution in [0.5, 0.6) is 0 Å². The van der Waals surface area contributed by atoms with Gasteiger partial charge in [-0.15, -0.1) is 0 Å². The summed E-state index contributed by atoms with van der Waals surface area (Å²) >= 11 is 0. The molecule has 3 aliphatic heterocycles. The van der Waals surface area contributed by atoms with Gasteiger partial charge in [0, 0.05) is 6.54 Å². The third-order valence-corrected chi connectivity index (χ3v) is 19.5. The fourth-order valence-electron chi connectivity index (χ4n) is 13.2. The Labute approximate surface area is 648 Å². The number of nitrogens with two attached hydrogens (primary N) is 7. The average molecular weight is 1560 g/mol. The number of carbonyl (C=O) groups is 14. The molecule has 0 saturated carbocycles. The summed E-state index contributed by atoms with van der Waals surface area (Å²) in [6.07, 6.45) is 12.3. The lowest BCUT2D eigenvalue weighted by atomic mass is 10.00. The Kier molecular flexibility index (Phi) is 47.5. The van der Waals surface area contributed by atoms with Crippen LogP contribution in [0.1, 0.15) is 220 Å². The zero-order valence-electron chi connectivity index (χ0n) is 65.5. The molecule has 13 atom stereocenters. The summed E-state index contributed by atoms with van der Waals surface area (Å²) < 4.78 is 0. The van der Waals surface area contributed by atoms with Gasteiger partial charge in [0.1, 0.15) is 72.5 Å². The lowest BCUT2D eigenvalue weighted by Gasteiger charge is -2.31. The molecule has 35 nitrogen and oxygen atoms in total. The second-order valence-electron chi connectivity index (χ2n) is 29.8. The number of rotatable bonds is 29. The highest BCUT2D eigenvalue weighted by molar-refractivity contribution is 6.00. The van der Waals surface area contributed by atoms with E-state index in [1.165, 1.54) is 4.90 Å². The molecule has 110 heavy (non-hydrogen) atoms. The van der Waals surface area contributed by atoms with Crippen molar-refractivity contribution in [1.82, 2.24) is 68.7 Å². The largest absolute Gasteiger partial charge is 0.480 e. The van der Waals surface area contributed by atoms with Crippen LogP contribution in [-0.2, 0) is 67.1 Å². The Balaban J connectivity index is 2.40. The fourth-order valence-corrected chi connectivity index (χ4v) is 13.2. The summed E-state index contributed by atoms with van der Waals surface area (Å²) in [4.78, 5) is 204. The van der Waals surface area contributed by atoms with Crippen LogP contribution in [0.4, 0.5) is 0 Å². The van der Waals surface area contributed by atoms with Crippen molar-refractivity contribution in [3.8, 4) is 0 Å². The molecule has 1 saturated heterocycles. The number of nitrogens with one attached hydrogen (secondary N) is 12. The lowest BCUT2D eigenvalue weighted by Crippen LogP contribution is -2.60. The van der Waals surface area contributed by atoms with E-state index >= 15 is 4.79 Å². The minimum absolute atomic E-state index is 0.00196. The molecule has 13 amide bonds. The van der Waals surface area contributed by atoms with Crippen molar-refractivity contribution >= 4 is 82.8 Å². The molecule has 3 aliphatic rings. The maximum absolute atomic E-state index is 15.0. The van der Waals surface area contributed by atoms with E-state index < -0.39 is 168 Å². The van der Waals surface area contributed by atoms with Gasteiger partial charge in [-0.3, -0.25) is 62.3 Å². The summed E-state index contributed by atoms with van der Waals surface area (Å²) in [6.45, 7) is 8.16. The average Bonchev–Trinajstić information content (AvgIpc) is 1.63. The Morgan fingerprint density at radius 2 is 0.700 bits per heavy atom. The van der Waals surface area contributed by atoms with Crippen LogP contribution >= 0.6 is 0 Å². The number of fused-ring (bicyclic) bond motifs is 7. The van der Waals surface area contributed by atoms with Crippen molar-refractivity contribution in [2.75, 3.05) is 52.4 Å². The van der Waals surface area contributed by atoms with E-state index in [4.69, 9.17) is 40.1 Å². The van der Waals surface area contributed by atoms with Crippen molar-refractivity contribution in [2.24, 2.45) is 52.0 Å². The van der Waals surface area contributed by atoms with Gasteiger partial charge in [-0.05, 0) is 244 Å². The first-order valence-corrected chi connectivity index (χ1v) is 40.0. The van der Waals surface area contributed by atoms with Gasteiger partial charge < -0.3 is 114 Å². The van der Waals surface area contributed by atoms with Crippen molar-refractivity contribution in [3.63, 3.8) is 0 Å². The fraction of sp³-hybridized carbons (Fsp3) is 0.760. The highest BCUT2D eigenvalue weighted by Crippen LogP contribution is 2.22. The summed E-state index contributed by atoms with van der Waals surface area (Å²) in [5.41, 5.74) is 41.7. The molecule has 0 aromatic rings. The Hall–Kier alpha value is -8.22. The monoisotopic (exact) mass is 1560 g/mol. The molecule has 2 bridgehead atoms. The smallest absolute Gasteiger partial charge is 0.326 e. The van der Waals surface area contributed by atoms with Gasteiger partial charge in [-0.1, -0.05) is 52.0 Å². The van der Waals surface area contributed by atoms with Crippen molar-refractivity contribution in [3.05, 3.63) is 24.3 Å². The second-order valence-corrected chi connectivity index (χ2v) is 29.8. The van der Waals surface area contributed by atoms with E-state index in [2.05, 4.69) is 63.8 Å². The molecule has 0 spiro atoms. The van der Waals surface area contributed by atoms with E-state index in [-0.39, 0.29) is 167 Å². The predicted molar refractivity (Wildman–Crippen MR) is 416 cm³/mol. The molecular weight excluding hydrogens is 1420 g/mol. The predicted octanol–water partition coefficient (Wildman–Crippen LogP) is -2.04. The number of unbranched alkanes of at least 4 members (excludes halogenated alkanes) is 6. The van der Waals surface area contributed by atoms with E-state index in [1.807, 2.05) is 13.8 Å².